The molecule has 1 aromatic carbocycles. The molecule has 0 saturated carbocycles. The molecule has 2 nitrogen and oxygen atoms in total. The summed E-state index contributed by atoms with van der Waals surface area (Å²) in [6, 6.07) is 18.8. The van der Waals surface area contributed by atoms with Gasteiger partial charge in [-0.05, 0) is 71.8 Å². The van der Waals surface area contributed by atoms with E-state index in [0.717, 1.165) is 22.9 Å². The van der Waals surface area contributed by atoms with Crippen LogP contribution in [0.25, 0.3) is 61.1 Å². The van der Waals surface area contributed by atoms with Gasteiger partial charge in [0.25, 0.3) is 0 Å². The first-order valence-corrected chi connectivity index (χ1v) is 38.6. The molecule has 2 atom stereocenters. The quantitative estimate of drug-likeness (QED) is 0.0355. The number of hydrogen-bond acceptors (Lipinski definition) is 8. The van der Waals surface area contributed by atoms with Crippen LogP contribution in [0.3, 0.4) is 0 Å². The van der Waals surface area contributed by atoms with E-state index in [2.05, 4.69) is 87.0 Å². The standard InChI is InChI=1S/C72H108N2S6/c1-5-9-13-17-21-25-27-31-35-39-45-57(43-37-33-29-23-19-15-11-7-3)55-59-49-51-63(77-59)71-73-67-65(61-47-41-53-75-61)70-68(66(69(67)79-71)62-48-42-54-76-62)74-72(80-70)64-52-50-60(78-64)56-58(44-38-34-30-24-20-16-12-8-4)46-40-36-32-28-26-22-18-14-10-6-2/h41-42,47-54,57-58H,5-40,43-46,55-56H2,1-4H3. The van der Waals surface area contributed by atoms with Gasteiger partial charge in [-0.25, -0.2) is 9.97 Å². The summed E-state index contributed by atoms with van der Waals surface area (Å²) < 4.78 is 2.59. The van der Waals surface area contributed by atoms with Gasteiger partial charge in [-0.2, -0.15) is 0 Å². The van der Waals surface area contributed by atoms with Crippen molar-refractivity contribution in [3.05, 3.63) is 69.0 Å². The van der Waals surface area contributed by atoms with E-state index in [1.54, 1.807) is 9.75 Å². The van der Waals surface area contributed by atoms with Gasteiger partial charge in [-0.15, -0.1) is 68.0 Å². The number of fused-ring (bicyclic) bond motifs is 2. The fraction of sp³-hybridized carbons (Fsp3) is 0.667. The van der Waals surface area contributed by atoms with Crippen LogP contribution < -0.4 is 0 Å². The molecule has 0 aliphatic heterocycles. The summed E-state index contributed by atoms with van der Waals surface area (Å²) in [5, 5.41) is 6.82. The molecule has 0 fully saturated rings. The number of benzene rings is 1. The van der Waals surface area contributed by atoms with Crippen LogP contribution in [0.1, 0.15) is 294 Å². The molecule has 2 unspecified atom stereocenters. The lowest BCUT2D eigenvalue weighted by atomic mass is 9.91. The molecule has 80 heavy (non-hydrogen) atoms. The van der Waals surface area contributed by atoms with E-state index in [1.807, 2.05) is 68.0 Å². The van der Waals surface area contributed by atoms with Crippen LogP contribution in [-0.4, -0.2) is 9.97 Å². The molecule has 7 rings (SSSR count). The number of thiophene rings is 4. The second-order valence-electron chi connectivity index (χ2n) is 24.2. The third-order valence-electron chi connectivity index (χ3n) is 17.3. The summed E-state index contributed by atoms with van der Waals surface area (Å²) in [6.45, 7) is 9.30. The monoisotopic (exact) mass is 1190 g/mol. The summed E-state index contributed by atoms with van der Waals surface area (Å²) in [6.07, 6.45) is 58.7. The van der Waals surface area contributed by atoms with Crippen LogP contribution in [0.2, 0.25) is 0 Å². The lowest BCUT2D eigenvalue weighted by Crippen LogP contribution is -2.04. The first-order valence-electron chi connectivity index (χ1n) is 33.6. The molecule has 0 amide bonds. The first-order chi connectivity index (χ1) is 39.6. The Labute approximate surface area is 513 Å². The SMILES string of the molecule is CCCCCCCCCCCCC(CCCCCCCCCC)Cc1ccc(-c2nc3c(-c4cccs4)c4sc(-c5ccc(CC(CCCCCCCCCC)CCCCCCCCCCCC)s5)nc4c(-c4cccs4)c3s2)s1. The lowest BCUT2D eigenvalue weighted by Gasteiger charge is -2.16. The van der Waals surface area contributed by atoms with E-state index in [1.165, 1.54) is 320 Å². The summed E-state index contributed by atoms with van der Waals surface area (Å²) in [5.74, 6) is 1.56. The van der Waals surface area contributed by atoms with Crippen LogP contribution in [0.15, 0.2) is 59.3 Å². The maximum atomic E-state index is 5.71. The van der Waals surface area contributed by atoms with Crippen LogP contribution in [0, 0.1) is 11.8 Å². The van der Waals surface area contributed by atoms with Crippen molar-refractivity contribution in [2.75, 3.05) is 0 Å². The van der Waals surface area contributed by atoms with Crippen molar-refractivity contribution < 1.29 is 0 Å². The Hall–Kier alpha value is -2.20. The number of unbranched alkanes of at least 4 members (excludes halogenated alkanes) is 32. The van der Waals surface area contributed by atoms with Gasteiger partial charge in [-0.1, -0.05) is 297 Å². The highest BCUT2D eigenvalue weighted by atomic mass is 32.1. The number of rotatable bonds is 48. The van der Waals surface area contributed by atoms with Crippen molar-refractivity contribution >= 4 is 88.5 Å². The third kappa shape index (κ3) is 22.3. The highest BCUT2D eigenvalue weighted by Gasteiger charge is 2.27. The van der Waals surface area contributed by atoms with E-state index in [9.17, 15) is 0 Å². The Morgan fingerprint density at radius 1 is 0.312 bits per heavy atom. The summed E-state index contributed by atoms with van der Waals surface area (Å²) in [4.78, 5) is 19.8. The zero-order valence-electron chi connectivity index (χ0n) is 51.0. The van der Waals surface area contributed by atoms with Crippen LogP contribution in [0.5, 0.6) is 0 Å². The predicted octanol–water partition coefficient (Wildman–Crippen LogP) is 27.8. The van der Waals surface area contributed by atoms with Gasteiger partial charge in [0, 0.05) is 30.6 Å². The summed E-state index contributed by atoms with van der Waals surface area (Å²) in [7, 11) is 0. The zero-order chi connectivity index (χ0) is 55.7. The van der Waals surface area contributed by atoms with Crippen molar-refractivity contribution in [1.29, 1.82) is 0 Å². The predicted molar refractivity (Wildman–Crippen MR) is 368 cm³/mol. The van der Waals surface area contributed by atoms with E-state index in [0.29, 0.717) is 0 Å². The highest BCUT2D eigenvalue weighted by Crippen LogP contribution is 2.52. The van der Waals surface area contributed by atoms with E-state index in [-0.39, 0.29) is 0 Å². The Bertz CT molecular complexity index is 2390. The van der Waals surface area contributed by atoms with Crippen LogP contribution >= 0.6 is 68.0 Å². The Morgan fingerprint density at radius 3 is 0.875 bits per heavy atom. The first kappa shape index (κ1) is 65.3. The number of aromatic nitrogens is 2. The van der Waals surface area contributed by atoms with Crippen molar-refractivity contribution in [2.45, 2.75) is 297 Å². The molecule has 8 heteroatoms. The molecule has 6 heterocycles. The summed E-state index contributed by atoms with van der Waals surface area (Å²) in [5.41, 5.74) is 4.89. The minimum absolute atomic E-state index is 0.781. The van der Waals surface area contributed by atoms with E-state index in [4.69, 9.17) is 9.97 Å². The molecule has 0 spiro atoms. The van der Waals surface area contributed by atoms with Gasteiger partial charge < -0.3 is 0 Å². The largest absolute Gasteiger partial charge is 0.234 e. The molecule has 0 bridgehead atoms. The Balaban J connectivity index is 1.06. The average molecular weight is 1190 g/mol. The van der Waals surface area contributed by atoms with Crippen molar-refractivity contribution in [1.82, 2.24) is 9.97 Å². The number of nitrogens with zero attached hydrogens (tertiary/aromatic N) is 2. The highest BCUT2D eigenvalue weighted by molar-refractivity contribution is 7.28. The maximum absolute atomic E-state index is 5.71. The molecule has 0 aliphatic rings. The summed E-state index contributed by atoms with van der Waals surface area (Å²) >= 11 is 11.6. The topological polar surface area (TPSA) is 25.8 Å². The van der Waals surface area contributed by atoms with Crippen LogP contribution in [-0.2, 0) is 12.8 Å². The van der Waals surface area contributed by atoms with Crippen molar-refractivity contribution in [3.8, 4) is 40.7 Å². The molecule has 0 radical (unpaired) electrons. The van der Waals surface area contributed by atoms with Crippen LogP contribution in [0.4, 0.5) is 0 Å². The Morgan fingerprint density at radius 2 is 0.600 bits per heavy atom. The fourth-order valence-corrected chi connectivity index (χ4v) is 18.8. The normalized spacial score (nSPS) is 12.8. The van der Waals surface area contributed by atoms with Crippen molar-refractivity contribution in [3.63, 3.8) is 0 Å². The molecule has 0 saturated heterocycles. The van der Waals surface area contributed by atoms with Gasteiger partial charge >= 0.3 is 0 Å². The average Bonchev–Trinajstić information content (AvgIpc) is 4.53. The molecular weight excluding hydrogens is 1090 g/mol. The second kappa shape index (κ2) is 39.4. The van der Waals surface area contributed by atoms with E-state index < -0.39 is 0 Å². The lowest BCUT2D eigenvalue weighted by molar-refractivity contribution is 0.401. The van der Waals surface area contributed by atoms with Crippen molar-refractivity contribution in [2.24, 2.45) is 11.8 Å². The smallest absolute Gasteiger partial charge is 0.134 e. The minimum Gasteiger partial charge on any atom is -0.234 e. The molecule has 6 aromatic heterocycles. The second-order valence-corrected chi connectivity index (χ2v) is 30.5. The molecule has 442 valence electrons. The number of hydrogen-bond donors (Lipinski definition) is 0. The van der Waals surface area contributed by atoms with E-state index >= 15 is 0 Å². The van der Waals surface area contributed by atoms with Gasteiger partial charge in [0.2, 0.25) is 0 Å². The molecule has 0 aliphatic carbocycles. The van der Waals surface area contributed by atoms with Gasteiger partial charge in [0.15, 0.2) is 0 Å². The Kier molecular flexibility index (Phi) is 32.2. The minimum atomic E-state index is 0.781. The fourth-order valence-electron chi connectivity index (χ4n) is 12.5. The van der Waals surface area contributed by atoms with Gasteiger partial charge in [0.1, 0.15) is 10.0 Å². The molecule has 0 N–H and O–H groups in total. The third-order valence-corrected chi connectivity index (χ3v) is 23.8. The molecular formula is C72H108N2S6. The maximum Gasteiger partial charge on any atom is 0.134 e. The molecule has 7 aromatic rings. The zero-order valence-corrected chi connectivity index (χ0v) is 55.9. The number of thiazole rings is 2. The van der Waals surface area contributed by atoms with Gasteiger partial charge in [-0.3, -0.25) is 0 Å². The van der Waals surface area contributed by atoms with Gasteiger partial charge in [0.05, 0.1) is 30.2 Å².